The number of ketones is 1. The van der Waals surface area contributed by atoms with E-state index in [1.807, 2.05) is 6.92 Å². The van der Waals surface area contributed by atoms with Crippen LogP contribution in [0, 0.1) is 17.8 Å². The Kier molecular flexibility index (Phi) is 20.2. The number of Topliss-reactive ketones (excluding diaryl/α,β-unsaturated/α-hetero) is 1. The van der Waals surface area contributed by atoms with Gasteiger partial charge in [0, 0.05) is 25.7 Å². The van der Waals surface area contributed by atoms with E-state index in [1.165, 1.54) is 12.5 Å². The summed E-state index contributed by atoms with van der Waals surface area (Å²) in [5, 5.41) is 42.0. The molecule has 1 rings (SSSR count). The van der Waals surface area contributed by atoms with Gasteiger partial charge in [-0.25, -0.2) is 9.59 Å². The van der Waals surface area contributed by atoms with Gasteiger partial charge in [-0.1, -0.05) is 82.6 Å². The summed E-state index contributed by atoms with van der Waals surface area (Å²) in [5.41, 5.74) is -2.49. The van der Waals surface area contributed by atoms with Gasteiger partial charge in [-0.05, 0) is 43.4 Å². The third-order valence-electron chi connectivity index (χ3n) is 7.64. The Morgan fingerprint density at radius 2 is 1.49 bits per heavy atom. The summed E-state index contributed by atoms with van der Waals surface area (Å²) >= 11 is 0. The molecule has 0 bridgehead atoms. The number of carbonyl (C=O) groups is 5. The lowest BCUT2D eigenvalue weighted by Gasteiger charge is -2.29. The molecule has 1 aromatic carbocycles. The normalized spacial score (nSPS) is 13.5. The van der Waals surface area contributed by atoms with E-state index in [0.29, 0.717) is 43.4 Å². The van der Waals surface area contributed by atoms with Crippen LogP contribution < -0.4 is 10.1 Å². The highest BCUT2D eigenvalue weighted by atomic mass is 16.5. The summed E-state index contributed by atoms with van der Waals surface area (Å²) in [7, 11) is 0. The molecule has 0 radical (unpaired) electrons. The first-order valence-electron chi connectivity index (χ1n) is 16.5. The zero-order valence-corrected chi connectivity index (χ0v) is 27.7. The van der Waals surface area contributed by atoms with Gasteiger partial charge < -0.3 is 30.5 Å². The molecule has 0 fully saturated rings. The molecule has 260 valence electrons. The van der Waals surface area contributed by atoms with E-state index in [1.54, 1.807) is 24.3 Å². The number of allylic oxidation sites excluding steroid dienone is 1. The number of nitrogens with one attached hydrogen (secondary N) is 1. The number of hydrogen-bond acceptors (Lipinski definition) is 7. The molecule has 0 heterocycles. The average Bonchev–Trinajstić information content (AvgIpc) is 3.02. The summed E-state index contributed by atoms with van der Waals surface area (Å²) in [6.07, 6.45) is 11.9. The van der Waals surface area contributed by atoms with E-state index in [4.69, 9.17) is 4.74 Å². The zero-order valence-electron chi connectivity index (χ0n) is 27.7. The molecule has 0 aliphatic rings. The second-order valence-corrected chi connectivity index (χ2v) is 11.6. The highest BCUT2D eigenvalue weighted by molar-refractivity contribution is 5.94. The molecule has 3 unspecified atom stereocenters. The Bertz CT molecular complexity index is 1230. The van der Waals surface area contributed by atoms with Crippen molar-refractivity contribution in [2.24, 2.45) is 5.92 Å². The maximum atomic E-state index is 13.3. The molecule has 0 spiro atoms. The van der Waals surface area contributed by atoms with Crippen LogP contribution in [0.4, 0.5) is 0 Å². The summed E-state index contributed by atoms with van der Waals surface area (Å²) in [6.45, 7) is 4.26. The molecule has 3 atom stereocenters. The smallest absolute Gasteiger partial charge is 0.337 e. The third-order valence-corrected chi connectivity index (χ3v) is 7.64. The van der Waals surface area contributed by atoms with Crippen LogP contribution in [-0.4, -0.2) is 68.3 Å². The van der Waals surface area contributed by atoms with Gasteiger partial charge in [-0.3, -0.25) is 14.4 Å². The van der Waals surface area contributed by atoms with Gasteiger partial charge in [0.05, 0.1) is 12.3 Å². The van der Waals surface area contributed by atoms with Crippen molar-refractivity contribution < 1.29 is 49.1 Å². The molecule has 0 saturated carbocycles. The Morgan fingerprint density at radius 3 is 2.04 bits per heavy atom. The standard InChI is InChI=1S/C36H51NO10/c1-3-5-7-10-13-17-28(38)18-14-11-8-9-12-15-19-30(36(46,35(44)45)26-32(39)40)33(41)37-31(34(42)43)25-27-20-22-29(23-21-27)47-24-16-6-4-2/h15,19-23,30-31,46H,3-5,7-14,17-18,24-26H2,1-2H3,(H,37,41)(H,39,40)(H,42,43)(H,44,45)/b19-15+. The van der Waals surface area contributed by atoms with Crippen LogP contribution >= 0.6 is 0 Å². The number of carboxylic acid groups (broad SMARTS) is 3. The molecule has 11 nitrogen and oxygen atoms in total. The van der Waals surface area contributed by atoms with Crippen LogP contribution in [0.2, 0.25) is 0 Å². The van der Waals surface area contributed by atoms with Gasteiger partial charge in [0.25, 0.3) is 0 Å². The molecule has 11 heteroatoms. The van der Waals surface area contributed by atoms with Crippen molar-refractivity contribution in [2.45, 2.75) is 122 Å². The Balaban J connectivity index is 2.83. The third kappa shape index (κ3) is 16.8. The monoisotopic (exact) mass is 657 g/mol. The molecular formula is C36H51NO10. The Labute approximate surface area is 277 Å². The highest BCUT2D eigenvalue weighted by Crippen LogP contribution is 2.26. The summed E-state index contributed by atoms with van der Waals surface area (Å²) in [5.74, 6) is -1.49. The number of rotatable bonds is 25. The minimum Gasteiger partial charge on any atom is -0.481 e. The number of carbonyl (C=O) groups excluding carboxylic acids is 2. The second-order valence-electron chi connectivity index (χ2n) is 11.6. The maximum absolute atomic E-state index is 13.3. The van der Waals surface area contributed by atoms with Gasteiger partial charge in [-0.2, -0.15) is 0 Å². The Hall–Kier alpha value is -4.17. The van der Waals surface area contributed by atoms with Crippen LogP contribution in [0.3, 0.4) is 0 Å². The van der Waals surface area contributed by atoms with E-state index in [-0.39, 0.29) is 18.8 Å². The molecule has 0 aliphatic carbocycles. The van der Waals surface area contributed by atoms with Gasteiger partial charge >= 0.3 is 17.9 Å². The topological polar surface area (TPSA) is 188 Å². The fraction of sp³-hybridized carbons (Fsp3) is 0.583. The van der Waals surface area contributed by atoms with Crippen molar-refractivity contribution in [1.82, 2.24) is 5.32 Å². The molecule has 0 aromatic heterocycles. The van der Waals surface area contributed by atoms with Crippen molar-refractivity contribution in [3.8, 4) is 17.6 Å². The van der Waals surface area contributed by atoms with E-state index in [9.17, 15) is 44.4 Å². The maximum Gasteiger partial charge on any atom is 0.337 e. The van der Waals surface area contributed by atoms with Gasteiger partial charge in [-0.15, -0.1) is 5.92 Å². The lowest BCUT2D eigenvalue weighted by Crippen LogP contribution is -2.55. The molecule has 0 saturated heterocycles. The van der Waals surface area contributed by atoms with Crippen LogP contribution in [-0.2, 0) is 30.4 Å². The summed E-state index contributed by atoms with van der Waals surface area (Å²) in [4.78, 5) is 60.9. The lowest BCUT2D eigenvalue weighted by atomic mass is 9.82. The van der Waals surface area contributed by atoms with Crippen LogP contribution in [0.5, 0.6) is 5.75 Å². The van der Waals surface area contributed by atoms with E-state index in [2.05, 4.69) is 24.1 Å². The predicted octanol–water partition coefficient (Wildman–Crippen LogP) is 5.32. The number of unbranched alkanes of at least 4 members (excludes halogenated alkanes) is 8. The number of aliphatic carboxylic acids is 3. The predicted molar refractivity (Wildman–Crippen MR) is 177 cm³/mol. The molecular weight excluding hydrogens is 606 g/mol. The van der Waals surface area contributed by atoms with Crippen LogP contribution in [0.15, 0.2) is 36.4 Å². The number of ether oxygens (including phenoxy) is 1. The molecule has 1 amide bonds. The molecule has 0 aliphatic heterocycles. The largest absolute Gasteiger partial charge is 0.481 e. The van der Waals surface area contributed by atoms with Crippen molar-refractivity contribution in [3.63, 3.8) is 0 Å². The average molecular weight is 658 g/mol. The zero-order chi connectivity index (χ0) is 35.1. The van der Waals surface area contributed by atoms with E-state index >= 15 is 0 Å². The number of carboxylic acids is 3. The van der Waals surface area contributed by atoms with E-state index in [0.717, 1.165) is 51.0 Å². The first-order chi connectivity index (χ1) is 22.4. The summed E-state index contributed by atoms with van der Waals surface area (Å²) in [6, 6.07) is 4.98. The number of aliphatic hydroxyl groups is 1. The quantitative estimate of drug-likeness (QED) is 0.0523. The first kappa shape index (κ1) is 40.9. The highest BCUT2D eigenvalue weighted by Gasteiger charge is 2.49. The van der Waals surface area contributed by atoms with Gasteiger partial charge in [0.2, 0.25) is 5.91 Å². The van der Waals surface area contributed by atoms with Crippen molar-refractivity contribution in [2.75, 3.05) is 6.61 Å². The fourth-order valence-electron chi connectivity index (χ4n) is 4.95. The van der Waals surface area contributed by atoms with Crippen molar-refractivity contribution in [3.05, 3.63) is 42.0 Å². The molecule has 1 aromatic rings. The second kappa shape index (κ2) is 23.2. The van der Waals surface area contributed by atoms with Gasteiger partial charge in [0.1, 0.15) is 24.2 Å². The van der Waals surface area contributed by atoms with E-state index < -0.39 is 47.8 Å². The lowest BCUT2D eigenvalue weighted by molar-refractivity contribution is -0.172. The van der Waals surface area contributed by atoms with Crippen LogP contribution in [0.25, 0.3) is 0 Å². The summed E-state index contributed by atoms with van der Waals surface area (Å²) < 4.78 is 5.50. The SMILES string of the molecule is CCC#CCOc1ccc(CC(NC(=O)C(/C=C/CCCCCCC(=O)CCCCCCC)C(O)(CC(=O)O)C(=O)O)C(=O)O)cc1. The number of benzene rings is 1. The minimum absolute atomic E-state index is 0.167. The van der Waals surface area contributed by atoms with Crippen molar-refractivity contribution in [1.29, 1.82) is 0 Å². The minimum atomic E-state index is -3.02. The van der Waals surface area contributed by atoms with Gasteiger partial charge in [0.15, 0.2) is 5.60 Å². The fourth-order valence-corrected chi connectivity index (χ4v) is 4.95. The van der Waals surface area contributed by atoms with Crippen LogP contribution in [0.1, 0.15) is 109 Å². The number of hydrogen-bond donors (Lipinski definition) is 5. The molecule has 47 heavy (non-hydrogen) atoms. The first-order valence-corrected chi connectivity index (χ1v) is 16.5. The number of amides is 1. The molecule has 5 N–H and O–H groups in total. The van der Waals surface area contributed by atoms with Crippen molar-refractivity contribution >= 4 is 29.6 Å². The Morgan fingerprint density at radius 1 is 0.872 bits per heavy atom.